The summed E-state index contributed by atoms with van der Waals surface area (Å²) in [5, 5.41) is 3.27. The molecule has 88 valence electrons. The number of nitrogens with zero attached hydrogens (tertiary/aromatic N) is 1. The van der Waals surface area contributed by atoms with E-state index in [1.54, 1.807) is 24.5 Å². The average molecular weight is 251 g/mol. The first-order chi connectivity index (χ1) is 8.22. The first-order valence-corrected chi connectivity index (χ1v) is 5.62. The number of hydrogen-bond donors (Lipinski definition) is 1. The van der Waals surface area contributed by atoms with Crippen LogP contribution in [0.4, 0.5) is 4.39 Å². The van der Waals surface area contributed by atoms with Crippen molar-refractivity contribution >= 4 is 11.6 Å². The second-order valence-electron chi connectivity index (χ2n) is 3.68. The smallest absolute Gasteiger partial charge is 0.142 e. The van der Waals surface area contributed by atoms with E-state index in [0.717, 1.165) is 11.1 Å². The Kier molecular flexibility index (Phi) is 3.71. The van der Waals surface area contributed by atoms with Crippen LogP contribution in [0, 0.1) is 5.82 Å². The standard InChI is InChI=1S/C13H12ClFN2/c1-16-13(10-3-2-6-17-8-10)9-4-5-11(14)12(15)7-9/h2-8,13,16H,1H3. The van der Waals surface area contributed by atoms with Crippen molar-refractivity contribution in [2.45, 2.75) is 6.04 Å². The summed E-state index contributed by atoms with van der Waals surface area (Å²) in [6.45, 7) is 0. The molecule has 0 aliphatic heterocycles. The third kappa shape index (κ3) is 2.62. The van der Waals surface area contributed by atoms with Crippen LogP contribution in [0.25, 0.3) is 0 Å². The summed E-state index contributed by atoms with van der Waals surface area (Å²) in [5.41, 5.74) is 1.80. The summed E-state index contributed by atoms with van der Waals surface area (Å²) in [6.07, 6.45) is 3.46. The van der Waals surface area contributed by atoms with Crippen LogP contribution in [0.5, 0.6) is 0 Å². The SMILES string of the molecule is CNC(c1cccnc1)c1ccc(Cl)c(F)c1. The first kappa shape index (κ1) is 12.0. The molecule has 1 aromatic carbocycles. The molecule has 0 saturated carbocycles. The molecule has 0 radical (unpaired) electrons. The fourth-order valence-corrected chi connectivity index (χ4v) is 1.88. The fraction of sp³-hybridized carbons (Fsp3) is 0.154. The monoisotopic (exact) mass is 250 g/mol. The Bertz CT molecular complexity index is 502. The molecule has 0 aliphatic rings. The van der Waals surface area contributed by atoms with Gasteiger partial charge >= 0.3 is 0 Å². The Hall–Kier alpha value is -1.45. The maximum atomic E-state index is 13.4. The van der Waals surface area contributed by atoms with Crippen LogP contribution in [-0.2, 0) is 0 Å². The maximum absolute atomic E-state index is 13.4. The molecule has 0 amide bonds. The molecule has 4 heteroatoms. The molecular formula is C13H12ClFN2. The minimum atomic E-state index is -0.409. The number of hydrogen-bond acceptors (Lipinski definition) is 2. The maximum Gasteiger partial charge on any atom is 0.142 e. The van der Waals surface area contributed by atoms with Gasteiger partial charge in [-0.15, -0.1) is 0 Å². The van der Waals surface area contributed by atoms with Crippen molar-refractivity contribution in [2.75, 3.05) is 7.05 Å². The molecule has 2 nitrogen and oxygen atoms in total. The lowest BCUT2D eigenvalue weighted by Crippen LogP contribution is -2.17. The van der Waals surface area contributed by atoms with Crippen molar-refractivity contribution < 1.29 is 4.39 Å². The molecule has 2 rings (SSSR count). The van der Waals surface area contributed by atoms with Crippen molar-refractivity contribution in [3.63, 3.8) is 0 Å². The highest BCUT2D eigenvalue weighted by atomic mass is 35.5. The predicted octanol–water partition coefficient (Wildman–Crippen LogP) is 3.18. The van der Waals surface area contributed by atoms with Gasteiger partial charge in [0.1, 0.15) is 5.82 Å². The van der Waals surface area contributed by atoms with Gasteiger partial charge < -0.3 is 5.32 Å². The van der Waals surface area contributed by atoms with E-state index in [1.165, 1.54) is 6.07 Å². The van der Waals surface area contributed by atoms with Gasteiger partial charge in [-0.25, -0.2) is 4.39 Å². The third-order valence-corrected chi connectivity index (χ3v) is 2.89. The largest absolute Gasteiger partial charge is 0.309 e. The van der Waals surface area contributed by atoms with Crippen LogP contribution in [0.1, 0.15) is 17.2 Å². The van der Waals surface area contributed by atoms with Gasteiger partial charge in [0.25, 0.3) is 0 Å². The summed E-state index contributed by atoms with van der Waals surface area (Å²) in [7, 11) is 1.82. The van der Waals surface area contributed by atoms with E-state index in [1.807, 2.05) is 19.2 Å². The molecule has 0 saturated heterocycles. The molecular weight excluding hydrogens is 239 g/mol. The van der Waals surface area contributed by atoms with Crippen LogP contribution in [0.2, 0.25) is 5.02 Å². The molecule has 2 aromatic rings. The van der Waals surface area contributed by atoms with Gasteiger partial charge in [0.15, 0.2) is 0 Å². The lowest BCUT2D eigenvalue weighted by Gasteiger charge is -2.16. The minimum Gasteiger partial charge on any atom is -0.309 e. The van der Waals surface area contributed by atoms with E-state index in [4.69, 9.17) is 11.6 Å². The number of halogens is 2. The molecule has 17 heavy (non-hydrogen) atoms. The van der Waals surface area contributed by atoms with E-state index in [9.17, 15) is 4.39 Å². The molecule has 1 N–H and O–H groups in total. The number of nitrogens with one attached hydrogen (secondary N) is 1. The minimum absolute atomic E-state index is 0.0875. The van der Waals surface area contributed by atoms with Gasteiger partial charge in [0, 0.05) is 12.4 Å². The van der Waals surface area contributed by atoms with Gasteiger partial charge in [-0.2, -0.15) is 0 Å². The third-order valence-electron chi connectivity index (χ3n) is 2.58. The highest BCUT2D eigenvalue weighted by Crippen LogP contribution is 2.24. The van der Waals surface area contributed by atoms with Crippen molar-refractivity contribution in [1.82, 2.24) is 10.3 Å². The summed E-state index contributed by atoms with van der Waals surface area (Å²) in [6, 6.07) is 8.52. The topological polar surface area (TPSA) is 24.9 Å². The Morgan fingerprint density at radius 1 is 1.29 bits per heavy atom. The molecule has 0 aliphatic carbocycles. The van der Waals surface area contributed by atoms with Gasteiger partial charge in [-0.3, -0.25) is 4.98 Å². The Morgan fingerprint density at radius 3 is 2.71 bits per heavy atom. The predicted molar refractivity (Wildman–Crippen MR) is 66.5 cm³/mol. The molecule has 1 aromatic heterocycles. The van der Waals surface area contributed by atoms with E-state index < -0.39 is 5.82 Å². The van der Waals surface area contributed by atoms with Crippen molar-refractivity contribution in [2.24, 2.45) is 0 Å². The number of pyridine rings is 1. The van der Waals surface area contributed by atoms with Crippen molar-refractivity contribution in [1.29, 1.82) is 0 Å². The molecule has 1 heterocycles. The van der Waals surface area contributed by atoms with Gasteiger partial charge in [0.2, 0.25) is 0 Å². The van der Waals surface area contributed by atoms with Gasteiger partial charge in [-0.05, 0) is 36.4 Å². The van der Waals surface area contributed by atoms with Crippen LogP contribution < -0.4 is 5.32 Å². The highest BCUT2D eigenvalue weighted by Gasteiger charge is 2.13. The Labute approximate surface area is 104 Å². The second-order valence-corrected chi connectivity index (χ2v) is 4.09. The highest BCUT2D eigenvalue weighted by molar-refractivity contribution is 6.30. The van der Waals surface area contributed by atoms with Crippen molar-refractivity contribution in [3.05, 3.63) is 64.7 Å². The normalized spacial score (nSPS) is 12.4. The summed E-state index contributed by atoms with van der Waals surface area (Å²) >= 11 is 5.67. The van der Waals surface area contributed by atoms with Gasteiger partial charge in [-0.1, -0.05) is 23.7 Å². The van der Waals surface area contributed by atoms with E-state index >= 15 is 0 Å². The van der Waals surface area contributed by atoms with Crippen LogP contribution in [-0.4, -0.2) is 12.0 Å². The van der Waals surface area contributed by atoms with E-state index in [0.29, 0.717) is 0 Å². The average Bonchev–Trinajstić information content (AvgIpc) is 2.36. The summed E-state index contributed by atoms with van der Waals surface area (Å²) in [5.74, 6) is -0.409. The summed E-state index contributed by atoms with van der Waals surface area (Å²) < 4.78 is 13.4. The van der Waals surface area contributed by atoms with E-state index in [2.05, 4.69) is 10.3 Å². The lowest BCUT2D eigenvalue weighted by molar-refractivity contribution is 0.617. The zero-order valence-corrected chi connectivity index (χ0v) is 10.1. The molecule has 1 unspecified atom stereocenters. The molecule has 1 atom stereocenters. The Morgan fingerprint density at radius 2 is 2.12 bits per heavy atom. The van der Waals surface area contributed by atoms with Crippen LogP contribution >= 0.6 is 11.6 Å². The summed E-state index contributed by atoms with van der Waals surface area (Å²) in [4.78, 5) is 4.06. The lowest BCUT2D eigenvalue weighted by atomic mass is 10.0. The quantitative estimate of drug-likeness (QED) is 0.905. The fourth-order valence-electron chi connectivity index (χ4n) is 1.76. The first-order valence-electron chi connectivity index (χ1n) is 5.24. The second kappa shape index (κ2) is 5.25. The molecule has 0 bridgehead atoms. The molecule has 0 spiro atoms. The Balaban J connectivity index is 2.39. The van der Waals surface area contributed by atoms with Crippen molar-refractivity contribution in [3.8, 4) is 0 Å². The molecule has 0 fully saturated rings. The zero-order valence-electron chi connectivity index (χ0n) is 9.32. The van der Waals surface area contributed by atoms with Crippen LogP contribution in [0.15, 0.2) is 42.7 Å². The van der Waals surface area contributed by atoms with E-state index in [-0.39, 0.29) is 11.1 Å². The van der Waals surface area contributed by atoms with Crippen LogP contribution in [0.3, 0.4) is 0 Å². The number of aromatic nitrogens is 1. The van der Waals surface area contributed by atoms with Gasteiger partial charge in [0.05, 0.1) is 11.1 Å². The number of benzene rings is 1. The zero-order chi connectivity index (χ0) is 12.3. The number of rotatable bonds is 3.